The van der Waals surface area contributed by atoms with Crippen molar-refractivity contribution in [3.63, 3.8) is 0 Å². The first-order chi connectivity index (χ1) is 14.3. The molecule has 0 saturated heterocycles. The minimum atomic E-state index is 0.638. The van der Waals surface area contributed by atoms with Crippen LogP contribution in [0.3, 0.4) is 0 Å². The van der Waals surface area contributed by atoms with Gasteiger partial charge in [0.25, 0.3) is 0 Å². The number of hydrogen-bond donors (Lipinski definition) is 1. The third kappa shape index (κ3) is 4.01. The number of anilines is 3. The van der Waals surface area contributed by atoms with Crippen LogP contribution in [-0.2, 0) is 0 Å². The highest BCUT2D eigenvalue weighted by Crippen LogP contribution is 2.30. The fourth-order valence-electron chi connectivity index (χ4n) is 4.30. The van der Waals surface area contributed by atoms with Crippen LogP contribution in [0.15, 0.2) is 55.0 Å². The Morgan fingerprint density at radius 2 is 1.93 bits per heavy atom. The van der Waals surface area contributed by atoms with Crippen LogP contribution in [0.2, 0.25) is 0 Å². The van der Waals surface area contributed by atoms with E-state index in [0.717, 1.165) is 41.8 Å². The van der Waals surface area contributed by atoms with Gasteiger partial charge >= 0.3 is 0 Å². The molecule has 2 aromatic heterocycles. The number of nitrogens with zero attached hydrogens (tertiary/aromatic N) is 5. The van der Waals surface area contributed by atoms with E-state index in [0.29, 0.717) is 5.95 Å². The topological polar surface area (TPSA) is 58.9 Å². The molecule has 148 valence electrons. The van der Waals surface area contributed by atoms with Crippen LogP contribution < -0.4 is 10.2 Å². The summed E-state index contributed by atoms with van der Waals surface area (Å²) in [5.74, 6) is 2.47. The van der Waals surface area contributed by atoms with E-state index in [1.807, 2.05) is 47.4 Å². The molecule has 1 saturated carbocycles. The quantitative estimate of drug-likeness (QED) is 0.681. The van der Waals surface area contributed by atoms with Crippen LogP contribution in [0, 0.1) is 5.92 Å². The van der Waals surface area contributed by atoms with Gasteiger partial charge in [0.05, 0.1) is 5.69 Å². The van der Waals surface area contributed by atoms with Crippen molar-refractivity contribution < 1.29 is 0 Å². The first-order valence-electron chi connectivity index (χ1n) is 10.5. The van der Waals surface area contributed by atoms with Gasteiger partial charge in [0.2, 0.25) is 5.95 Å². The minimum Gasteiger partial charge on any atom is -0.352 e. The summed E-state index contributed by atoms with van der Waals surface area (Å²) in [7, 11) is 0. The van der Waals surface area contributed by atoms with Crippen molar-refractivity contribution in [2.24, 2.45) is 5.92 Å². The molecule has 1 aliphatic carbocycles. The van der Waals surface area contributed by atoms with E-state index in [1.54, 1.807) is 6.20 Å². The molecule has 5 rings (SSSR count). The van der Waals surface area contributed by atoms with Gasteiger partial charge in [-0.1, -0.05) is 31.4 Å². The summed E-state index contributed by atoms with van der Waals surface area (Å²) < 4.78 is 1.84. The molecule has 6 heteroatoms. The molecule has 3 heterocycles. The maximum Gasteiger partial charge on any atom is 0.229 e. The van der Waals surface area contributed by atoms with Crippen LogP contribution in [0.1, 0.15) is 37.7 Å². The van der Waals surface area contributed by atoms with Crippen molar-refractivity contribution in [1.82, 2.24) is 19.7 Å². The Morgan fingerprint density at radius 3 is 2.72 bits per heavy atom. The predicted octanol–water partition coefficient (Wildman–Crippen LogP) is 4.82. The Morgan fingerprint density at radius 1 is 1.07 bits per heavy atom. The van der Waals surface area contributed by atoms with E-state index in [-0.39, 0.29) is 0 Å². The number of nitrogens with one attached hydrogen (secondary N) is 1. The van der Waals surface area contributed by atoms with Gasteiger partial charge in [-0.15, -0.1) is 0 Å². The highest BCUT2D eigenvalue weighted by molar-refractivity contribution is 5.69. The average Bonchev–Trinajstić information content (AvgIpc) is 3.30. The monoisotopic (exact) mass is 386 g/mol. The summed E-state index contributed by atoms with van der Waals surface area (Å²) >= 11 is 0. The summed E-state index contributed by atoms with van der Waals surface area (Å²) in [6, 6.07) is 10.0. The second-order valence-corrected chi connectivity index (χ2v) is 7.91. The highest BCUT2D eigenvalue weighted by atomic mass is 15.3. The van der Waals surface area contributed by atoms with Crippen LogP contribution >= 0.6 is 0 Å². The molecule has 0 radical (unpaired) electrons. The third-order valence-electron chi connectivity index (χ3n) is 5.81. The van der Waals surface area contributed by atoms with Crippen LogP contribution in [0.25, 0.3) is 11.8 Å². The van der Waals surface area contributed by atoms with Crippen molar-refractivity contribution in [2.75, 3.05) is 23.3 Å². The molecule has 0 unspecified atom stereocenters. The zero-order valence-corrected chi connectivity index (χ0v) is 16.5. The van der Waals surface area contributed by atoms with Gasteiger partial charge < -0.3 is 10.2 Å². The Bertz CT molecular complexity index is 971. The van der Waals surface area contributed by atoms with Crippen LogP contribution in [0.4, 0.5) is 17.5 Å². The lowest BCUT2D eigenvalue weighted by Gasteiger charge is -2.32. The van der Waals surface area contributed by atoms with Gasteiger partial charge in [0.1, 0.15) is 5.82 Å². The van der Waals surface area contributed by atoms with Gasteiger partial charge in [0.15, 0.2) is 0 Å². The smallest absolute Gasteiger partial charge is 0.229 e. The molecule has 1 fully saturated rings. The summed E-state index contributed by atoms with van der Waals surface area (Å²) in [5, 5.41) is 7.61. The van der Waals surface area contributed by atoms with E-state index in [4.69, 9.17) is 4.98 Å². The highest BCUT2D eigenvalue weighted by Gasteiger charge is 2.21. The van der Waals surface area contributed by atoms with Crippen molar-refractivity contribution in [3.05, 3.63) is 60.6 Å². The normalized spacial score (nSPS) is 16.6. The molecule has 2 aliphatic rings. The van der Waals surface area contributed by atoms with Gasteiger partial charge in [-0.25, -0.2) is 9.67 Å². The molecule has 0 atom stereocenters. The minimum absolute atomic E-state index is 0.638. The molecular weight excluding hydrogens is 360 g/mol. The zero-order chi connectivity index (χ0) is 19.5. The standard InChI is InChI=1S/C23H26N6/c1-2-6-18(7-3-1)17-28-14-4-8-19-16-24-23(27-22(19)28)26-20-9-11-21(12-10-20)29-15-5-13-25-29/h4-5,8-13,15-16,18H,1-3,6-7,14,17H2,(H,24,26,27). The molecular formula is C23H26N6. The maximum absolute atomic E-state index is 4.86. The van der Waals surface area contributed by atoms with E-state index < -0.39 is 0 Å². The van der Waals surface area contributed by atoms with Crippen LogP contribution in [0.5, 0.6) is 0 Å². The summed E-state index contributed by atoms with van der Waals surface area (Å²) in [4.78, 5) is 11.8. The molecule has 1 aliphatic heterocycles. The number of aromatic nitrogens is 4. The third-order valence-corrected chi connectivity index (χ3v) is 5.81. The zero-order valence-electron chi connectivity index (χ0n) is 16.5. The van der Waals surface area contributed by atoms with Crippen molar-refractivity contribution >= 4 is 23.5 Å². The van der Waals surface area contributed by atoms with E-state index >= 15 is 0 Å². The predicted molar refractivity (Wildman–Crippen MR) is 117 cm³/mol. The largest absolute Gasteiger partial charge is 0.352 e. The Hall–Kier alpha value is -3.15. The number of hydrogen-bond acceptors (Lipinski definition) is 5. The van der Waals surface area contributed by atoms with Gasteiger partial charge in [0, 0.05) is 42.9 Å². The lowest BCUT2D eigenvalue weighted by Crippen LogP contribution is -2.33. The molecule has 29 heavy (non-hydrogen) atoms. The van der Waals surface area contributed by atoms with E-state index in [2.05, 4.69) is 32.5 Å². The SMILES string of the molecule is C1=Cc2cnc(Nc3ccc(-n4cccn4)cc3)nc2N(CC2CCCCC2)C1. The van der Waals surface area contributed by atoms with Gasteiger partial charge in [-0.05, 0) is 49.1 Å². The Balaban J connectivity index is 1.32. The summed E-state index contributed by atoms with van der Waals surface area (Å²) in [5.41, 5.74) is 3.09. The molecule has 6 nitrogen and oxygen atoms in total. The number of benzene rings is 1. The molecule has 0 amide bonds. The Kier molecular flexibility index (Phi) is 4.99. The fraction of sp³-hybridized carbons (Fsp3) is 0.348. The lowest BCUT2D eigenvalue weighted by atomic mass is 9.88. The molecule has 0 bridgehead atoms. The van der Waals surface area contributed by atoms with Crippen LogP contribution in [-0.4, -0.2) is 32.8 Å². The fourth-order valence-corrected chi connectivity index (χ4v) is 4.30. The number of fused-ring (bicyclic) bond motifs is 1. The van der Waals surface area contributed by atoms with E-state index in [9.17, 15) is 0 Å². The average molecular weight is 387 g/mol. The first kappa shape index (κ1) is 17.9. The lowest BCUT2D eigenvalue weighted by molar-refractivity contribution is 0.359. The second kappa shape index (κ2) is 8.07. The molecule has 0 spiro atoms. The molecule has 3 aromatic rings. The maximum atomic E-state index is 4.86. The molecule has 1 aromatic carbocycles. The van der Waals surface area contributed by atoms with Crippen molar-refractivity contribution in [2.45, 2.75) is 32.1 Å². The number of rotatable bonds is 5. The van der Waals surface area contributed by atoms with Crippen molar-refractivity contribution in [3.8, 4) is 5.69 Å². The summed E-state index contributed by atoms with van der Waals surface area (Å²) in [6.07, 6.45) is 16.8. The van der Waals surface area contributed by atoms with E-state index in [1.165, 1.54) is 32.1 Å². The summed E-state index contributed by atoms with van der Waals surface area (Å²) in [6.45, 7) is 2.02. The Labute approximate surface area is 171 Å². The van der Waals surface area contributed by atoms with Gasteiger partial charge in [-0.2, -0.15) is 10.1 Å². The van der Waals surface area contributed by atoms with Crippen molar-refractivity contribution in [1.29, 1.82) is 0 Å². The first-order valence-corrected chi connectivity index (χ1v) is 10.5. The molecule has 1 N–H and O–H groups in total. The second-order valence-electron chi connectivity index (χ2n) is 7.91. The van der Waals surface area contributed by atoms with Gasteiger partial charge in [-0.3, -0.25) is 0 Å².